The molecule has 4 unspecified atom stereocenters. The highest BCUT2D eigenvalue weighted by atomic mass is 35.5. The molecular weight excluding hydrogens is 272 g/mol. The Morgan fingerprint density at radius 2 is 2.16 bits per heavy atom. The molecule has 0 radical (unpaired) electrons. The minimum Gasteiger partial charge on any atom is -0.126 e. The molecule has 2 fully saturated rings. The van der Waals surface area contributed by atoms with Crippen LogP contribution >= 0.6 is 23.4 Å². The maximum Gasteiger partial charge on any atom is 0.0283 e. The summed E-state index contributed by atoms with van der Waals surface area (Å²) in [5, 5.41) is 0.774. The fraction of sp³-hybridized carbons (Fsp3) is 0.647. The molecule has 1 aromatic carbocycles. The first-order valence-corrected chi connectivity index (χ1v) is 9.01. The molecule has 4 atom stereocenters. The number of benzene rings is 1. The average Bonchev–Trinajstić information content (AvgIpc) is 3.11. The first-order valence-electron chi connectivity index (χ1n) is 7.60. The largest absolute Gasteiger partial charge is 0.126 e. The van der Waals surface area contributed by atoms with Crippen LogP contribution in [0.2, 0.25) is 0 Å². The standard InChI is InChI=1S/C17H21ClS/c18-11-17(9-12-5-6-14(17)7-12)10-15-8-13-3-1-2-4-16(13)19-15/h1-4,12,14-15H,5-11H2. The summed E-state index contributed by atoms with van der Waals surface area (Å²) in [6.45, 7) is 0. The van der Waals surface area contributed by atoms with Gasteiger partial charge in [0.25, 0.3) is 0 Å². The number of thioether (sulfide) groups is 1. The van der Waals surface area contributed by atoms with Crippen molar-refractivity contribution in [3.8, 4) is 0 Å². The van der Waals surface area contributed by atoms with Crippen LogP contribution in [0, 0.1) is 17.3 Å². The average molecular weight is 293 g/mol. The summed E-state index contributed by atoms with van der Waals surface area (Å²) in [5.74, 6) is 2.82. The van der Waals surface area contributed by atoms with Crippen LogP contribution in [0.4, 0.5) is 0 Å². The van der Waals surface area contributed by atoms with Gasteiger partial charge in [-0.15, -0.1) is 23.4 Å². The minimum absolute atomic E-state index is 0.476. The van der Waals surface area contributed by atoms with E-state index in [1.54, 1.807) is 5.56 Å². The molecule has 1 heterocycles. The van der Waals surface area contributed by atoms with Crippen LogP contribution in [0.3, 0.4) is 0 Å². The van der Waals surface area contributed by atoms with Crippen LogP contribution in [-0.2, 0) is 6.42 Å². The molecule has 0 saturated heterocycles. The molecule has 2 saturated carbocycles. The molecule has 102 valence electrons. The predicted octanol–water partition coefficient (Wildman–Crippen LogP) is 5.14. The van der Waals surface area contributed by atoms with Gasteiger partial charge in [0.05, 0.1) is 0 Å². The van der Waals surface area contributed by atoms with Crippen molar-refractivity contribution in [3.63, 3.8) is 0 Å². The second kappa shape index (κ2) is 4.70. The van der Waals surface area contributed by atoms with Crippen molar-refractivity contribution < 1.29 is 0 Å². The van der Waals surface area contributed by atoms with Gasteiger partial charge in [0, 0.05) is 16.0 Å². The van der Waals surface area contributed by atoms with Gasteiger partial charge in [0.2, 0.25) is 0 Å². The Bertz CT molecular complexity index is 461. The van der Waals surface area contributed by atoms with Gasteiger partial charge in [-0.2, -0.15) is 0 Å². The van der Waals surface area contributed by atoms with Crippen LogP contribution in [0.25, 0.3) is 0 Å². The molecule has 3 aliphatic rings. The fourth-order valence-corrected chi connectivity index (χ4v) is 6.78. The molecule has 0 aromatic heterocycles. The van der Waals surface area contributed by atoms with Gasteiger partial charge in [-0.25, -0.2) is 0 Å². The maximum absolute atomic E-state index is 6.44. The first-order chi connectivity index (χ1) is 9.29. The second-order valence-corrected chi connectivity index (χ2v) is 8.44. The topological polar surface area (TPSA) is 0 Å². The van der Waals surface area contributed by atoms with Crippen molar-refractivity contribution in [1.82, 2.24) is 0 Å². The minimum atomic E-state index is 0.476. The molecule has 1 aliphatic heterocycles. The molecule has 4 rings (SSSR count). The smallest absolute Gasteiger partial charge is 0.0283 e. The van der Waals surface area contributed by atoms with Crippen molar-refractivity contribution in [1.29, 1.82) is 0 Å². The van der Waals surface area contributed by atoms with Gasteiger partial charge < -0.3 is 0 Å². The molecule has 0 N–H and O–H groups in total. The van der Waals surface area contributed by atoms with Crippen LogP contribution in [-0.4, -0.2) is 11.1 Å². The lowest BCUT2D eigenvalue weighted by molar-refractivity contribution is 0.177. The van der Waals surface area contributed by atoms with Crippen LogP contribution in [0.15, 0.2) is 29.2 Å². The lowest BCUT2D eigenvalue weighted by Gasteiger charge is -2.38. The van der Waals surface area contributed by atoms with Gasteiger partial charge >= 0.3 is 0 Å². The summed E-state index contributed by atoms with van der Waals surface area (Å²) < 4.78 is 0. The second-order valence-electron chi connectivity index (χ2n) is 6.83. The normalized spacial score (nSPS) is 39.7. The monoisotopic (exact) mass is 292 g/mol. The summed E-state index contributed by atoms with van der Waals surface area (Å²) in [6, 6.07) is 8.93. The van der Waals surface area contributed by atoms with E-state index in [0.717, 1.165) is 23.0 Å². The van der Waals surface area contributed by atoms with E-state index in [4.69, 9.17) is 11.6 Å². The van der Waals surface area contributed by atoms with Crippen molar-refractivity contribution in [2.45, 2.75) is 48.7 Å². The Morgan fingerprint density at radius 1 is 1.26 bits per heavy atom. The fourth-order valence-electron chi connectivity index (χ4n) is 4.85. The van der Waals surface area contributed by atoms with Gasteiger partial charge in [-0.3, -0.25) is 0 Å². The zero-order valence-electron chi connectivity index (χ0n) is 11.3. The number of hydrogen-bond acceptors (Lipinski definition) is 1. The quantitative estimate of drug-likeness (QED) is 0.695. The Hall–Kier alpha value is -0.140. The molecule has 0 nitrogen and oxygen atoms in total. The van der Waals surface area contributed by atoms with E-state index in [2.05, 4.69) is 36.0 Å². The van der Waals surface area contributed by atoms with Gasteiger partial charge in [0.15, 0.2) is 0 Å². The lowest BCUT2D eigenvalue weighted by Crippen LogP contribution is -2.33. The van der Waals surface area contributed by atoms with Crippen molar-refractivity contribution in [2.24, 2.45) is 17.3 Å². The van der Waals surface area contributed by atoms with Crippen molar-refractivity contribution in [2.75, 3.05) is 5.88 Å². The molecule has 0 amide bonds. The molecule has 2 aliphatic carbocycles. The van der Waals surface area contributed by atoms with Crippen molar-refractivity contribution in [3.05, 3.63) is 29.8 Å². The highest BCUT2D eigenvalue weighted by molar-refractivity contribution is 8.00. The Morgan fingerprint density at radius 3 is 2.84 bits per heavy atom. The molecular formula is C17H21ClS. The summed E-state index contributed by atoms with van der Waals surface area (Å²) in [4.78, 5) is 1.51. The van der Waals surface area contributed by atoms with Gasteiger partial charge in [-0.05, 0) is 61.0 Å². The third-order valence-electron chi connectivity index (χ3n) is 5.72. The number of halogens is 1. The van der Waals surface area contributed by atoms with E-state index in [1.807, 2.05) is 0 Å². The first kappa shape index (κ1) is 12.6. The van der Waals surface area contributed by atoms with E-state index < -0.39 is 0 Å². The summed E-state index contributed by atoms with van der Waals surface area (Å²) >= 11 is 8.54. The number of alkyl halides is 1. The third-order valence-corrected chi connectivity index (χ3v) is 7.57. The number of fused-ring (bicyclic) bond motifs is 3. The van der Waals surface area contributed by atoms with Crippen molar-refractivity contribution >= 4 is 23.4 Å². The summed E-state index contributed by atoms with van der Waals surface area (Å²) in [5.41, 5.74) is 2.04. The summed E-state index contributed by atoms with van der Waals surface area (Å²) in [7, 11) is 0. The lowest BCUT2D eigenvalue weighted by atomic mass is 9.71. The number of hydrogen-bond donors (Lipinski definition) is 0. The molecule has 1 aromatic rings. The summed E-state index contributed by atoms with van der Waals surface area (Å²) in [6.07, 6.45) is 8.41. The van der Waals surface area contributed by atoms with Gasteiger partial charge in [0.1, 0.15) is 0 Å². The highest BCUT2D eigenvalue weighted by Crippen LogP contribution is 2.60. The Kier molecular flexibility index (Phi) is 3.12. The van der Waals surface area contributed by atoms with E-state index in [1.165, 1.54) is 43.4 Å². The van der Waals surface area contributed by atoms with Crippen LogP contribution in [0.1, 0.15) is 37.7 Å². The molecule has 2 heteroatoms. The van der Waals surface area contributed by atoms with E-state index in [0.29, 0.717) is 5.41 Å². The van der Waals surface area contributed by atoms with E-state index in [-0.39, 0.29) is 0 Å². The predicted molar refractivity (Wildman–Crippen MR) is 83.0 cm³/mol. The molecule has 19 heavy (non-hydrogen) atoms. The highest BCUT2D eigenvalue weighted by Gasteiger charge is 2.51. The molecule has 0 spiro atoms. The Balaban J connectivity index is 1.51. The van der Waals surface area contributed by atoms with Gasteiger partial charge in [-0.1, -0.05) is 24.6 Å². The number of rotatable bonds is 3. The third kappa shape index (κ3) is 2.05. The van der Waals surface area contributed by atoms with Crippen LogP contribution in [0.5, 0.6) is 0 Å². The van der Waals surface area contributed by atoms with E-state index >= 15 is 0 Å². The maximum atomic E-state index is 6.44. The van der Waals surface area contributed by atoms with Crippen LogP contribution < -0.4 is 0 Å². The zero-order valence-corrected chi connectivity index (χ0v) is 12.8. The SMILES string of the molecule is ClCC1(CC2Cc3ccccc3S2)CC2CCC1C2. The van der Waals surface area contributed by atoms with E-state index in [9.17, 15) is 0 Å². The molecule has 2 bridgehead atoms. The Labute approximate surface area is 125 Å². The zero-order chi connectivity index (χ0) is 12.9.